The normalized spacial score (nSPS) is 29.6. The van der Waals surface area contributed by atoms with Crippen LogP contribution in [0.25, 0.3) is 0 Å². The van der Waals surface area contributed by atoms with Crippen molar-refractivity contribution in [2.45, 2.75) is 56.6 Å². The van der Waals surface area contributed by atoms with Gasteiger partial charge in [-0.15, -0.1) is 0 Å². The minimum absolute atomic E-state index is 0.0590. The molecule has 0 saturated carbocycles. The number of morpholine rings is 1. The van der Waals surface area contributed by atoms with Gasteiger partial charge in [-0.1, -0.05) is 30.3 Å². The van der Waals surface area contributed by atoms with Crippen molar-refractivity contribution in [3.63, 3.8) is 0 Å². The Morgan fingerprint density at radius 1 is 1.09 bits per heavy atom. The number of rotatable bonds is 8. The second-order valence-corrected chi connectivity index (χ2v) is 9.41. The Hall–Kier alpha value is -1.55. The molecule has 0 spiro atoms. The molecule has 3 aliphatic heterocycles. The lowest BCUT2D eigenvalue weighted by Gasteiger charge is -2.44. The molecular weight excluding hydrogens is 422 g/mol. The summed E-state index contributed by atoms with van der Waals surface area (Å²) in [5.74, 6) is 0.0590. The zero-order valence-electron chi connectivity index (χ0n) is 19.6. The molecule has 3 fully saturated rings. The number of fused-ring (bicyclic) bond motifs is 1. The minimum atomic E-state index is -0.504. The van der Waals surface area contributed by atoms with E-state index in [2.05, 4.69) is 27.2 Å². The Labute approximate surface area is 197 Å². The summed E-state index contributed by atoms with van der Waals surface area (Å²) in [6.07, 6.45) is 2.43. The molecule has 1 amide bonds. The van der Waals surface area contributed by atoms with Crippen LogP contribution in [-0.4, -0.2) is 104 Å². The summed E-state index contributed by atoms with van der Waals surface area (Å²) in [7, 11) is 0. The van der Waals surface area contributed by atoms with E-state index in [9.17, 15) is 9.90 Å². The van der Waals surface area contributed by atoms with Crippen LogP contribution in [0.15, 0.2) is 30.3 Å². The highest BCUT2D eigenvalue weighted by Crippen LogP contribution is 2.28. The molecule has 4 rings (SSSR count). The van der Waals surface area contributed by atoms with Gasteiger partial charge in [-0.2, -0.15) is 0 Å². The number of carbonyl (C=O) groups excluding carboxylic acids is 1. The third-order valence-corrected chi connectivity index (χ3v) is 6.81. The van der Waals surface area contributed by atoms with Crippen molar-refractivity contribution in [2.24, 2.45) is 0 Å². The van der Waals surface area contributed by atoms with Gasteiger partial charge in [0.25, 0.3) is 0 Å². The average Bonchev–Trinajstić information content (AvgIpc) is 2.82. The number of carbonyl (C=O) groups is 1. The maximum absolute atomic E-state index is 12.5. The Kier molecular flexibility index (Phi) is 9.52. The van der Waals surface area contributed by atoms with E-state index >= 15 is 0 Å². The largest absolute Gasteiger partial charge is 0.389 e. The summed E-state index contributed by atoms with van der Waals surface area (Å²) in [6.45, 7) is 7.35. The summed E-state index contributed by atoms with van der Waals surface area (Å²) >= 11 is 0. The van der Waals surface area contributed by atoms with Crippen LogP contribution in [-0.2, 0) is 25.5 Å². The number of nitrogens with zero attached hydrogens (tertiary/aromatic N) is 2. The van der Waals surface area contributed by atoms with Crippen LogP contribution >= 0.6 is 0 Å². The van der Waals surface area contributed by atoms with E-state index in [0.717, 1.165) is 58.7 Å². The van der Waals surface area contributed by atoms with Gasteiger partial charge < -0.3 is 24.6 Å². The number of hydrogen-bond acceptors (Lipinski definition) is 7. The molecule has 184 valence electrons. The quantitative estimate of drug-likeness (QED) is 0.560. The zero-order chi connectivity index (χ0) is 22.9. The summed E-state index contributed by atoms with van der Waals surface area (Å²) < 4.78 is 17.5. The first-order valence-corrected chi connectivity index (χ1v) is 12.4. The number of aliphatic hydroxyl groups excluding tert-OH is 1. The van der Waals surface area contributed by atoms with Crippen molar-refractivity contribution in [2.75, 3.05) is 59.2 Å². The lowest BCUT2D eigenvalue weighted by Crippen LogP contribution is -2.55. The van der Waals surface area contributed by atoms with Crippen molar-refractivity contribution in [3.8, 4) is 0 Å². The first-order chi connectivity index (χ1) is 16.2. The predicted molar refractivity (Wildman–Crippen MR) is 125 cm³/mol. The molecule has 33 heavy (non-hydrogen) atoms. The van der Waals surface area contributed by atoms with Crippen molar-refractivity contribution in [3.05, 3.63) is 35.9 Å². The Bertz CT molecular complexity index is 715. The third-order valence-electron chi connectivity index (χ3n) is 6.81. The van der Waals surface area contributed by atoms with Gasteiger partial charge in [0.2, 0.25) is 5.91 Å². The van der Waals surface area contributed by atoms with Gasteiger partial charge in [0, 0.05) is 38.8 Å². The van der Waals surface area contributed by atoms with Crippen LogP contribution in [0, 0.1) is 0 Å². The maximum Gasteiger partial charge on any atom is 0.222 e. The van der Waals surface area contributed by atoms with Crippen molar-refractivity contribution >= 4 is 5.91 Å². The number of benzene rings is 1. The number of nitrogens with one attached hydrogen (secondary N) is 1. The molecule has 3 saturated heterocycles. The van der Waals surface area contributed by atoms with E-state index in [4.69, 9.17) is 14.2 Å². The minimum Gasteiger partial charge on any atom is -0.389 e. The molecule has 0 aliphatic carbocycles. The van der Waals surface area contributed by atoms with E-state index in [1.807, 2.05) is 18.2 Å². The number of β-amino-alcohol motifs (C(OH)–C–C–N with tert-alkyl or cyclic N) is 1. The van der Waals surface area contributed by atoms with Crippen LogP contribution in [0.1, 0.15) is 31.2 Å². The third kappa shape index (κ3) is 7.73. The van der Waals surface area contributed by atoms with Crippen molar-refractivity contribution < 1.29 is 24.1 Å². The van der Waals surface area contributed by atoms with Crippen LogP contribution in [0.4, 0.5) is 0 Å². The molecule has 1 aromatic rings. The highest BCUT2D eigenvalue weighted by molar-refractivity contribution is 5.76. The lowest BCUT2D eigenvalue weighted by molar-refractivity contribution is -0.158. The topological polar surface area (TPSA) is 83.5 Å². The van der Waals surface area contributed by atoms with Crippen LogP contribution < -0.4 is 5.32 Å². The Morgan fingerprint density at radius 2 is 1.91 bits per heavy atom. The summed E-state index contributed by atoms with van der Waals surface area (Å²) in [5, 5.41) is 13.4. The van der Waals surface area contributed by atoms with Gasteiger partial charge in [0.1, 0.15) is 0 Å². The molecule has 8 nitrogen and oxygen atoms in total. The first kappa shape index (κ1) is 24.6. The highest BCUT2D eigenvalue weighted by atomic mass is 16.5. The van der Waals surface area contributed by atoms with E-state index in [0.29, 0.717) is 32.7 Å². The fourth-order valence-electron chi connectivity index (χ4n) is 5.08. The second-order valence-electron chi connectivity index (χ2n) is 9.41. The molecule has 0 unspecified atom stereocenters. The molecule has 0 radical (unpaired) electrons. The predicted octanol–water partition coefficient (Wildman–Crippen LogP) is 1.02. The molecule has 3 heterocycles. The van der Waals surface area contributed by atoms with Gasteiger partial charge in [0.05, 0.1) is 51.2 Å². The van der Waals surface area contributed by atoms with Crippen molar-refractivity contribution in [1.29, 1.82) is 0 Å². The average molecular weight is 462 g/mol. The van der Waals surface area contributed by atoms with Gasteiger partial charge in [-0.3, -0.25) is 14.6 Å². The molecule has 0 bridgehead atoms. The fraction of sp³-hybridized carbons (Fsp3) is 0.720. The number of amides is 1. The van der Waals surface area contributed by atoms with Gasteiger partial charge in [0.15, 0.2) is 0 Å². The Morgan fingerprint density at radius 3 is 2.73 bits per heavy atom. The summed E-state index contributed by atoms with van der Waals surface area (Å²) in [4.78, 5) is 17.2. The number of ether oxygens (including phenoxy) is 3. The van der Waals surface area contributed by atoms with Crippen LogP contribution in [0.3, 0.4) is 0 Å². The van der Waals surface area contributed by atoms with Crippen LogP contribution in [0.2, 0.25) is 0 Å². The van der Waals surface area contributed by atoms with Gasteiger partial charge in [-0.25, -0.2) is 0 Å². The summed E-state index contributed by atoms with van der Waals surface area (Å²) in [6, 6.07) is 10.5. The van der Waals surface area contributed by atoms with Crippen molar-refractivity contribution in [1.82, 2.24) is 15.1 Å². The standard InChI is InChI=1S/C25H39N3O5/c29-21-17-28(16-20-5-2-1-3-6-20)23-8-7-22(33-24(23)19-32-18-21)15-25(30)26-9-4-10-27-11-13-31-14-12-27/h1-3,5-6,21-24,29H,4,7-19H2,(H,26,30)/t21-,22-,23-,24+/m1/s1. The van der Waals surface area contributed by atoms with Gasteiger partial charge in [-0.05, 0) is 31.4 Å². The smallest absolute Gasteiger partial charge is 0.222 e. The fourth-order valence-corrected chi connectivity index (χ4v) is 5.08. The highest BCUT2D eigenvalue weighted by Gasteiger charge is 2.38. The molecule has 4 atom stereocenters. The molecule has 0 aromatic heterocycles. The molecule has 2 N–H and O–H groups in total. The molecule has 1 aromatic carbocycles. The van der Waals surface area contributed by atoms with E-state index in [-0.39, 0.29) is 24.2 Å². The van der Waals surface area contributed by atoms with Gasteiger partial charge >= 0.3 is 0 Å². The Balaban J connectivity index is 1.23. The first-order valence-electron chi connectivity index (χ1n) is 12.4. The molecule has 8 heteroatoms. The van der Waals surface area contributed by atoms with E-state index < -0.39 is 6.10 Å². The summed E-state index contributed by atoms with van der Waals surface area (Å²) in [5.41, 5.74) is 1.23. The van der Waals surface area contributed by atoms with Crippen LogP contribution in [0.5, 0.6) is 0 Å². The lowest BCUT2D eigenvalue weighted by atomic mass is 9.94. The number of hydrogen-bond donors (Lipinski definition) is 2. The maximum atomic E-state index is 12.5. The van der Waals surface area contributed by atoms with E-state index in [1.54, 1.807) is 0 Å². The molecule has 3 aliphatic rings. The monoisotopic (exact) mass is 461 g/mol. The molecular formula is C25H39N3O5. The zero-order valence-corrected chi connectivity index (χ0v) is 19.6. The SMILES string of the molecule is O=C(C[C@H]1CC[C@@H]2[C@H](COC[C@H](O)CN2Cc2ccccc2)O1)NCCCN1CCOCC1. The number of aliphatic hydroxyl groups is 1. The second kappa shape index (κ2) is 12.8. The van der Waals surface area contributed by atoms with E-state index in [1.165, 1.54) is 5.56 Å².